The van der Waals surface area contributed by atoms with Crippen LogP contribution in [0.3, 0.4) is 0 Å². The summed E-state index contributed by atoms with van der Waals surface area (Å²) in [5.74, 6) is -1.59. The van der Waals surface area contributed by atoms with Gasteiger partial charge in [0.2, 0.25) is 0 Å². The van der Waals surface area contributed by atoms with Gasteiger partial charge in [-0.25, -0.2) is 9.36 Å². The molecule has 0 aliphatic heterocycles. The number of phosphoric acid groups is 1. The summed E-state index contributed by atoms with van der Waals surface area (Å²) in [5, 5.41) is 12.0. The molecule has 176 valence electrons. The van der Waals surface area contributed by atoms with Crippen molar-refractivity contribution in [2.45, 2.75) is 78.4 Å². The lowest BCUT2D eigenvalue weighted by Gasteiger charge is -2.25. The first-order chi connectivity index (χ1) is 14.1. The summed E-state index contributed by atoms with van der Waals surface area (Å²) in [6.07, 6.45) is 0.583. The lowest BCUT2D eigenvalue weighted by atomic mass is 9.92. The Balaban J connectivity index is 3.17. The fourth-order valence-corrected chi connectivity index (χ4v) is 3.44. The lowest BCUT2D eigenvalue weighted by Crippen LogP contribution is -2.41. The number of ether oxygens (including phenoxy) is 1. The Morgan fingerprint density at radius 1 is 1.19 bits per heavy atom. The summed E-state index contributed by atoms with van der Waals surface area (Å²) < 4.78 is 21.4. The predicted molar refractivity (Wildman–Crippen MR) is 116 cm³/mol. The largest absolute Gasteiger partial charge is 0.524 e. The highest BCUT2D eigenvalue weighted by atomic mass is 31.2. The lowest BCUT2D eigenvalue weighted by molar-refractivity contribution is -0.141. The minimum Gasteiger partial charge on any atom is -0.481 e. The van der Waals surface area contributed by atoms with E-state index in [9.17, 15) is 29.0 Å². The van der Waals surface area contributed by atoms with Crippen LogP contribution in [0.5, 0.6) is 5.75 Å². The number of aliphatic carboxylic acids is 1. The summed E-state index contributed by atoms with van der Waals surface area (Å²) in [6, 6.07) is 4.39. The second kappa shape index (κ2) is 11.0. The first-order valence-corrected chi connectivity index (χ1v) is 11.7. The van der Waals surface area contributed by atoms with Crippen LogP contribution in [-0.2, 0) is 20.5 Å². The molecule has 0 radical (unpaired) electrons. The Hall–Kier alpha value is -2.09. The Labute approximate surface area is 183 Å². The molecule has 0 aliphatic carbocycles. The van der Waals surface area contributed by atoms with Gasteiger partial charge in [-0.05, 0) is 63.1 Å². The smallest absolute Gasteiger partial charge is 0.481 e. The second-order valence-corrected chi connectivity index (χ2v) is 9.95. The highest BCUT2D eigenvalue weighted by molar-refractivity contribution is 7.46. The number of phosphoric ester groups is 1. The molecule has 31 heavy (non-hydrogen) atoms. The Kier molecular flexibility index (Phi) is 9.54. The van der Waals surface area contributed by atoms with E-state index in [0.29, 0.717) is 12.0 Å². The van der Waals surface area contributed by atoms with Crippen LogP contribution < -0.4 is 9.84 Å². The number of carboxylic acids is 1. The minimum absolute atomic E-state index is 0.0308. The zero-order valence-corrected chi connectivity index (χ0v) is 19.8. The third-order valence-electron chi connectivity index (χ3n) is 4.70. The fraction of sp³-hybridized carbons (Fsp3) is 0.619. The molecule has 1 aromatic rings. The molecule has 2 unspecified atom stereocenters. The van der Waals surface area contributed by atoms with E-state index in [1.165, 1.54) is 6.07 Å². The van der Waals surface area contributed by atoms with Gasteiger partial charge in [-0.1, -0.05) is 32.9 Å². The second-order valence-electron chi connectivity index (χ2n) is 8.79. The summed E-state index contributed by atoms with van der Waals surface area (Å²) in [7, 11) is -4.72. The number of rotatable bonds is 10. The Morgan fingerprint density at radius 3 is 2.29 bits per heavy atom. The quantitative estimate of drug-likeness (QED) is 0.381. The summed E-state index contributed by atoms with van der Waals surface area (Å²) in [6.45, 7) is 10.6. The fourth-order valence-electron chi connectivity index (χ4n) is 3.02. The molecule has 0 saturated heterocycles. The normalized spacial score (nSPS) is 15.0. The van der Waals surface area contributed by atoms with Crippen molar-refractivity contribution in [2.24, 2.45) is 5.92 Å². The molecule has 1 rings (SSSR count). The van der Waals surface area contributed by atoms with Gasteiger partial charge in [-0.2, -0.15) is 0 Å². The third kappa shape index (κ3) is 10.2. The first-order valence-electron chi connectivity index (χ1n) is 10.2. The van der Waals surface area contributed by atoms with Crippen molar-refractivity contribution in [1.82, 2.24) is 5.32 Å². The van der Waals surface area contributed by atoms with Crippen LogP contribution in [0.1, 0.15) is 71.4 Å². The predicted octanol–water partition coefficient (Wildman–Crippen LogP) is 4.22. The Bertz CT molecular complexity index is 814. The maximum absolute atomic E-state index is 12.3. The number of amides is 1. The van der Waals surface area contributed by atoms with Crippen LogP contribution in [-0.4, -0.2) is 38.6 Å². The molecule has 0 spiro atoms. The summed E-state index contributed by atoms with van der Waals surface area (Å²) >= 11 is 0. The molecule has 0 heterocycles. The van der Waals surface area contributed by atoms with E-state index in [2.05, 4.69) is 5.32 Å². The maximum Gasteiger partial charge on any atom is 0.524 e. The van der Waals surface area contributed by atoms with Crippen molar-refractivity contribution in [3.63, 3.8) is 0 Å². The minimum atomic E-state index is -4.72. The Morgan fingerprint density at radius 2 is 1.81 bits per heavy atom. The monoisotopic (exact) mass is 459 g/mol. The summed E-state index contributed by atoms with van der Waals surface area (Å²) in [4.78, 5) is 41.9. The van der Waals surface area contributed by atoms with Crippen molar-refractivity contribution < 1.29 is 38.3 Å². The molecule has 4 N–H and O–H groups in total. The number of nitrogens with one attached hydrogen (secondary N) is 1. The molecular weight excluding hydrogens is 425 g/mol. The average Bonchev–Trinajstić information content (AvgIpc) is 2.59. The standard InChI is InChI=1S/C21H34NO8P/c1-7-13(2)17-12-15(8-9-18(17)30-31(26,27)28)11-16(10-14(3)19(23)24)22-20(25)29-21(4,5)6/h8-9,12-14,16H,7,10-11H2,1-6H3,(H,22,25)(H,23,24)(H2,26,27,28)/t13?,14?,16-/m1/s1. The molecule has 0 saturated carbocycles. The number of carboxylic acid groups (broad SMARTS) is 1. The van der Waals surface area contributed by atoms with E-state index >= 15 is 0 Å². The van der Waals surface area contributed by atoms with Gasteiger partial charge in [0.25, 0.3) is 0 Å². The molecule has 10 heteroatoms. The van der Waals surface area contributed by atoms with Crippen LogP contribution in [0.4, 0.5) is 4.79 Å². The van der Waals surface area contributed by atoms with Crippen molar-refractivity contribution in [3.8, 4) is 5.75 Å². The number of carbonyl (C=O) groups excluding carboxylic acids is 1. The zero-order valence-electron chi connectivity index (χ0n) is 18.9. The van der Waals surface area contributed by atoms with Gasteiger partial charge in [-0.15, -0.1) is 0 Å². The molecule has 3 atom stereocenters. The average molecular weight is 459 g/mol. The molecule has 0 aromatic heterocycles. The van der Waals surface area contributed by atoms with E-state index < -0.39 is 37.4 Å². The van der Waals surface area contributed by atoms with Crippen molar-refractivity contribution in [1.29, 1.82) is 0 Å². The van der Waals surface area contributed by atoms with Gasteiger partial charge in [0.15, 0.2) is 0 Å². The number of carbonyl (C=O) groups is 2. The van der Waals surface area contributed by atoms with Crippen molar-refractivity contribution in [3.05, 3.63) is 29.3 Å². The highest BCUT2D eigenvalue weighted by Crippen LogP contribution is 2.41. The highest BCUT2D eigenvalue weighted by Gasteiger charge is 2.25. The topological polar surface area (TPSA) is 142 Å². The van der Waals surface area contributed by atoms with E-state index in [4.69, 9.17) is 9.26 Å². The number of hydrogen-bond donors (Lipinski definition) is 4. The van der Waals surface area contributed by atoms with E-state index in [-0.39, 0.29) is 18.1 Å². The number of hydrogen-bond acceptors (Lipinski definition) is 5. The molecule has 1 aromatic carbocycles. The zero-order chi connectivity index (χ0) is 24.0. The van der Waals surface area contributed by atoms with Gasteiger partial charge in [0.05, 0.1) is 5.92 Å². The molecule has 0 aliphatic rings. The van der Waals surface area contributed by atoms with Gasteiger partial charge in [0, 0.05) is 6.04 Å². The van der Waals surface area contributed by atoms with E-state index in [1.54, 1.807) is 39.8 Å². The van der Waals surface area contributed by atoms with Crippen molar-refractivity contribution in [2.75, 3.05) is 0 Å². The third-order valence-corrected chi connectivity index (χ3v) is 5.13. The first kappa shape index (κ1) is 26.9. The molecule has 0 bridgehead atoms. The van der Waals surface area contributed by atoms with E-state index in [1.807, 2.05) is 13.8 Å². The summed E-state index contributed by atoms with van der Waals surface area (Å²) in [5.41, 5.74) is 0.704. The SMILES string of the molecule is CCC(C)c1cc(C[C@@H](CC(C)C(=O)O)NC(=O)OC(C)(C)C)ccc1OP(=O)(O)O. The van der Waals surface area contributed by atoms with Crippen LogP contribution >= 0.6 is 7.82 Å². The van der Waals surface area contributed by atoms with Crippen molar-refractivity contribution >= 4 is 19.9 Å². The molecule has 9 nitrogen and oxygen atoms in total. The molecule has 1 amide bonds. The number of alkyl carbamates (subject to hydrolysis) is 1. The molecular formula is C21H34NO8P. The van der Waals surface area contributed by atoms with Gasteiger partial charge in [0.1, 0.15) is 11.4 Å². The molecule has 0 fully saturated rings. The van der Waals surface area contributed by atoms with Crippen LogP contribution in [0.2, 0.25) is 0 Å². The number of benzene rings is 1. The van der Waals surface area contributed by atoms with Crippen LogP contribution in [0.25, 0.3) is 0 Å². The van der Waals surface area contributed by atoms with Gasteiger partial charge >= 0.3 is 19.9 Å². The van der Waals surface area contributed by atoms with E-state index in [0.717, 1.165) is 12.0 Å². The van der Waals surface area contributed by atoms with Gasteiger partial charge in [-0.3, -0.25) is 14.6 Å². The van der Waals surface area contributed by atoms with Crippen LogP contribution in [0, 0.1) is 5.92 Å². The maximum atomic E-state index is 12.3. The van der Waals surface area contributed by atoms with Gasteiger partial charge < -0.3 is 19.7 Å². The van der Waals surface area contributed by atoms with Crippen LogP contribution in [0.15, 0.2) is 18.2 Å².